The topological polar surface area (TPSA) is 67.2 Å². The highest BCUT2D eigenvalue weighted by molar-refractivity contribution is 7.80. The number of nitrogens with two attached hydrogens (primary N) is 1. The van der Waals surface area contributed by atoms with Crippen LogP contribution >= 0.6 is 23.8 Å². The molecule has 16 heavy (non-hydrogen) atoms. The van der Waals surface area contributed by atoms with Crippen LogP contribution in [-0.2, 0) is 0 Å². The van der Waals surface area contributed by atoms with Crippen molar-refractivity contribution >= 4 is 40.5 Å². The number of rotatable bonds is 3. The molecule has 1 amide bonds. The first-order valence-corrected chi connectivity index (χ1v) is 5.47. The zero-order valence-corrected chi connectivity index (χ0v) is 10.3. The van der Waals surface area contributed by atoms with E-state index in [0.717, 1.165) is 0 Å². The van der Waals surface area contributed by atoms with Crippen molar-refractivity contribution in [1.29, 1.82) is 0 Å². The molecule has 0 aliphatic carbocycles. The number of benzene rings is 1. The number of halogens is 1. The van der Waals surface area contributed by atoms with E-state index in [1.807, 2.05) is 6.92 Å². The Bertz CT molecular complexity index is 423. The Balaban J connectivity index is 2.98. The summed E-state index contributed by atoms with van der Waals surface area (Å²) in [7, 11) is 0. The van der Waals surface area contributed by atoms with Gasteiger partial charge in [0.1, 0.15) is 0 Å². The Morgan fingerprint density at radius 1 is 1.56 bits per heavy atom. The summed E-state index contributed by atoms with van der Waals surface area (Å²) in [5.74, 6) is -0.223. The molecule has 0 atom stereocenters. The molecule has 0 bridgehead atoms. The second kappa shape index (κ2) is 5.67. The summed E-state index contributed by atoms with van der Waals surface area (Å²) in [6, 6.07) is 4.92. The molecule has 0 unspecified atom stereocenters. The van der Waals surface area contributed by atoms with E-state index in [-0.39, 0.29) is 11.0 Å². The average Bonchev–Trinajstić information content (AvgIpc) is 2.20. The number of carbonyl (C=O) groups excluding carboxylic acids is 1. The summed E-state index contributed by atoms with van der Waals surface area (Å²) in [5.41, 5.74) is 6.36. The number of thiocarbonyl (C=S) groups is 1. The monoisotopic (exact) mass is 257 g/mol. The van der Waals surface area contributed by atoms with Gasteiger partial charge in [0.15, 0.2) is 5.11 Å². The molecular weight excluding hydrogens is 246 g/mol. The van der Waals surface area contributed by atoms with Gasteiger partial charge in [0.2, 0.25) is 0 Å². The van der Waals surface area contributed by atoms with E-state index in [0.29, 0.717) is 22.8 Å². The van der Waals surface area contributed by atoms with E-state index in [1.54, 1.807) is 18.2 Å². The highest BCUT2D eigenvalue weighted by Crippen LogP contribution is 2.20. The molecule has 0 fully saturated rings. The average molecular weight is 258 g/mol. The van der Waals surface area contributed by atoms with Gasteiger partial charge in [-0.3, -0.25) is 4.79 Å². The molecule has 0 radical (unpaired) electrons. The van der Waals surface area contributed by atoms with Crippen molar-refractivity contribution in [3.63, 3.8) is 0 Å². The van der Waals surface area contributed by atoms with E-state index in [1.165, 1.54) is 0 Å². The second-order valence-corrected chi connectivity index (χ2v) is 3.89. The standard InChI is InChI=1S/C10H12ClN3OS/c1-2-13-9(15)7-5-6(14-10(12)16)3-4-8(7)11/h3-5H,2H2,1H3,(H,13,15)(H3,12,14,16). The van der Waals surface area contributed by atoms with Gasteiger partial charge in [0, 0.05) is 12.2 Å². The number of carbonyl (C=O) groups is 1. The number of hydrogen-bond acceptors (Lipinski definition) is 2. The van der Waals surface area contributed by atoms with E-state index in [9.17, 15) is 4.79 Å². The first-order chi connectivity index (χ1) is 7.54. The van der Waals surface area contributed by atoms with Crippen molar-refractivity contribution in [3.8, 4) is 0 Å². The number of anilines is 1. The van der Waals surface area contributed by atoms with E-state index in [4.69, 9.17) is 29.6 Å². The van der Waals surface area contributed by atoms with Crippen LogP contribution in [0.2, 0.25) is 5.02 Å². The molecule has 0 aliphatic rings. The Labute approximate surface area is 104 Å². The van der Waals surface area contributed by atoms with Gasteiger partial charge in [-0.15, -0.1) is 0 Å². The van der Waals surface area contributed by atoms with Crippen LogP contribution in [0.15, 0.2) is 18.2 Å². The predicted molar refractivity (Wildman–Crippen MR) is 69.9 cm³/mol. The molecule has 4 N–H and O–H groups in total. The van der Waals surface area contributed by atoms with Crippen molar-refractivity contribution in [1.82, 2.24) is 5.32 Å². The minimum atomic E-state index is -0.223. The van der Waals surface area contributed by atoms with Crippen molar-refractivity contribution in [3.05, 3.63) is 28.8 Å². The molecular formula is C10H12ClN3OS. The quantitative estimate of drug-likeness (QED) is 0.722. The lowest BCUT2D eigenvalue weighted by Crippen LogP contribution is -2.24. The third kappa shape index (κ3) is 3.36. The molecule has 0 saturated heterocycles. The SMILES string of the molecule is CCNC(=O)c1cc(NC(N)=S)ccc1Cl. The fourth-order valence-corrected chi connectivity index (χ4v) is 1.50. The van der Waals surface area contributed by atoms with Crippen molar-refractivity contribution in [2.75, 3.05) is 11.9 Å². The van der Waals surface area contributed by atoms with Crippen molar-refractivity contribution in [2.24, 2.45) is 5.73 Å². The summed E-state index contributed by atoms with van der Waals surface area (Å²) in [6.07, 6.45) is 0. The van der Waals surface area contributed by atoms with Crippen LogP contribution in [0.3, 0.4) is 0 Å². The molecule has 4 nitrogen and oxygen atoms in total. The third-order valence-corrected chi connectivity index (χ3v) is 2.25. The van der Waals surface area contributed by atoms with Gasteiger partial charge in [-0.05, 0) is 37.3 Å². The normalized spacial score (nSPS) is 9.62. The predicted octanol–water partition coefficient (Wildman–Crippen LogP) is 1.75. The zero-order valence-electron chi connectivity index (χ0n) is 8.71. The first-order valence-electron chi connectivity index (χ1n) is 4.68. The van der Waals surface area contributed by atoms with E-state index in [2.05, 4.69) is 10.6 Å². The largest absolute Gasteiger partial charge is 0.376 e. The van der Waals surface area contributed by atoms with Gasteiger partial charge in [-0.25, -0.2) is 0 Å². The summed E-state index contributed by atoms with van der Waals surface area (Å²) in [6.45, 7) is 2.38. The molecule has 1 aromatic rings. The Morgan fingerprint density at radius 3 is 2.81 bits per heavy atom. The van der Waals surface area contributed by atoms with Gasteiger partial charge in [0.05, 0.1) is 10.6 Å². The van der Waals surface area contributed by atoms with Crippen LogP contribution in [0.4, 0.5) is 5.69 Å². The maximum absolute atomic E-state index is 11.6. The Kier molecular flexibility index (Phi) is 4.52. The summed E-state index contributed by atoms with van der Waals surface area (Å²) < 4.78 is 0. The first kappa shape index (κ1) is 12.7. The molecule has 6 heteroatoms. The fraction of sp³-hybridized carbons (Fsp3) is 0.200. The highest BCUT2D eigenvalue weighted by atomic mass is 35.5. The lowest BCUT2D eigenvalue weighted by atomic mass is 10.2. The maximum atomic E-state index is 11.6. The summed E-state index contributed by atoms with van der Waals surface area (Å²) in [4.78, 5) is 11.6. The van der Waals surface area contributed by atoms with Crippen LogP contribution in [0.1, 0.15) is 17.3 Å². The van der Waals surface area contributed by atoms with E-state index >= 15 is 0 Å². The zero-order chi connectivity index (χ0) is 12.1. The van der Waals surface area contributed by atoms with Crippen molar-refractivity contribution in [2.45, 2.75) is 6.92 Å². The molecule has 1 aromatic carbocycles. The van der Waals surface area contributed by atoms with E-state index < -0.39 is 0 Å². The smallest absolute Gasteiger partial charge is 0.252 e. The maximum Gasteiger partial charge on any atom is 0.252 e. The molecule has 1 rings (SSSR count). The highest BCUT2D eigenvalue weighted by Gasteiger charge is 2.10. The third-order valence-electron chi connectivity index (χ3n) is 1.82. The van der Waals surface area contributed by atoms with Crippen LogP contribution < -0.4 is 16.4 Å². The molecule has 0 spiro atoms. The molecule has 0 aliphatic heterocycles. The lowest BCUT2D eigenvalue weighted by molar-refractivity contribution is 0.0956. The number of hydrogen-bond donors (Lipinski definition) is 3. The van der Waals surface area contributed by atoms with Crippen LogP contribution in [0.5, 0.6) is 0 Å². The molecule has 86 valence electrons. The molecule has 0 saturated carbocycles. The summed E-state index contributed by atoms with van der Waals surface area (Å²) >= 11 is 10.6. The van der Waals surface area contributed by atoms with Gasteiger partial charge in [-0.2, -0.15) is 0 Å². The Hall–Kier alpha value is -1.33. The lowest BCUT2D eigenvalue weighted by Gasteiger charge is -2.08. The number of amides is 1. The fourth-order valence-electron chi connectivity index (χ4n) is 1.18. The molecule has 0 heterocycles. The Morgan fingerprint density at radius 2 is 2.25 bits per heavy atom. The number of nitrogens with one attached hydrogen (secondary N) is 2. The molecule has 0 aromatic heterocycles. The van der Waals surface area contributed by atoms with Crippen molar-refractivity contribution < 1.29 is 4.79 Å². The van der Waals surface area contributed by atoms with Gasteiger partial charge < -0.3 is 16.4 Å². The van der Waals surface area contributed by atoms with Crippen LogP contribution in [0.25, 0.3) is 0 Å². The van der Waals surface area contributed by atoms with Crippen LogP contribution in [-0.4, -0.2) is 17.6 Å². The van der Waals surface area contributed by atoms with Gasteiger partial charge >= 0.3 is 0 Å². The van der Waals surface area contributed by atoms with Gasteiger partial charge in [-0.1, -0.05) is 11.6 Å². The minimum Gasteiger partial charge on any atom is -0.376 e. The van der Waals surface area contributed by atoms with Gasteiger partial charge in [0.25, 0.3) is 5.91 Å². The second-order valence-electron chi connectivity index (χ2n) is 3.04. The minimum absolute atomic E-state index is 0.143. The van der Waals surface area contributed by atoms with Crippen LogP contribution in [0, 0.1) is 0 Å². The summed E-state index contributed by atoms with van der Waals surface area (Å²) in [5, 5.41) is 5.94.